The van der Waals surface area contributed by atoms with E-state index in [0.717, 1.165) is 41.3 Å². The fourth-order valence-corrected chi connectivity index (χ4v) is 5.25. The molecule has 5 rings (SSSR count). The summed E-state index contributed by atoms with van der Waals surface area (Å²) >= 11 is 0. The minimum absolute atomic E-state index is 0.145. The number of aryl methyl sites for hydroxylation is 1. The lowest BCUT2D eigenvalue weighted by Crippen LogP contribution is -2.25. The van der Waals surface area contributed by atoms with Crippen molar-refractivity contribution >= 4 is 23.1 Å². The van der Waals surface area contributed by atoms with Gasteiger partial charge in [-0.25, -0.2) is 0 Å². The Bertz CT molecular complexity index is 1340. The third kappa shape index (κ3) is 6.13. The Hall–Kier alpha value is -3.93. The fraction of sp³-hybridized carbons (Fsp3) is 0.344. The number of nitrogens with zero attached hydrogens (tertiary/aromatic N) is 2. The number of Topliss-reactive ketones (excluding diaryl/α,β-unsaturated/α-hetero) is 1. The number of fused-ring (bicyclic) bond motifs is 1. The molecule has 38 heavy (non-hydrogen) atoms. The highest BCUT2D eigenvalue weighted by Crippen LogP contribution is 2.37. The number of aromatic nitrogens is 1. The van der Waals surface area contributed by atoms with Gasteiger partial charge in [0.15, 0.2) is 11.7 Å². The van der Waals surface area contributed by atoms with Crippen LogP contribution in [0.4, 0.5) is 11.4 Å². The van der Waals surface area contributed by atoms with Gasteiger partial charge in [0.05, 0.1) is 0 Å². The molecule has 2 aliphatic rings. The summed E-state index contributed by atoms with van der Waals surface area (Å²) in [6, 6.07) is 15.4. The Balaban J connectivity index is 1.18. The molecule has 2 aliphatic carbocycles. The van der Waals surface area contributed by atoms with E-state index in [1.54, 1.807) is 18.5 Å². The third-order valence-electron chi connectivity index (χ3n) is 7.67. The van der Waals surface area contributed by atoms with Crippen molar-refractivity contribution in [1.82, 2.24) is 10.3 Å². The molecule has 0 saturated heterocycles. The van der Waals surface area contributed by atoms with E-state index in [0.29, 0.717) is 23.7 Å². The second-order valence-electron chi connectivity index (χ2n) is 10.6. The molecule has 1 atom stereocenters. The molecule has 0 spiro atoms. The highest BCUT2D eigenvalue weighted by molar-refractivity contribution is 5.99. The van der Waals surface area contributed by atoms with Gasteiger partial charge in [-0.1, -0.05) is 31.7 Å². The Labute approximate surface area is 224 Å². The molecule has 2 aromatic carbocycles. The molecule has 196 valence electrons. The van der Waals surface area contributed by atoms with Gasteiger partial charge in [-0.3, -0.25) is 19.9 Å². The summed E-state index contributed by atoms with van der Waals surface area (Å²) in [4.78, 5) is 31.5. The first-order valence-electron chi connectivity index (χ1n) is 13.5. The summed E-state index contributed by atoms with van der Waals surface area (Å²) in [5.41, 5.74) is 5.28. The van der Waals surface area contributed by atoms with Gasteiger partial charge in [0.2, 0.25) is 0 Å². The van der Waals surface area contributed by atoms with Crippen molar-refractivity contribution in [3.63, 3.8) is 0 Å². The van der Waals surface area contributed by atoms with E-state index in [9.17, 15) is 9.59 Å². The molecule has 0 bridgehead atoms. The topological polar surface area (TPSA) is 71.5 Å². The normalized spacial score (nSPS) is 16.5. The molecule has 0 aliphatic heterocycles. The van der Waals surface area contributed by atoms with Crippen LogP contribution >= 0.6 is 0 Å². The maximum Gasteiger partial charge on any atom is 0.258 e. The van der Waals surface area contributed by atoms with Gasteiger partial charge >= 0.3 is 0 Å². The largest absolute Gasteiger partial charge is 0.442 e. The van der Waals surface area contributed by atoms with Crippen molar-refractivity contribution in [1.29, 1.82) is 0 Å². The average Bonchev–Trinajstić information content (AvgIpc) is 3.73. The molecule has 6 heteroatoms. The molecule has 0 radical (unpaired) electrons. The first kappa shape index (κ1) is 25.7. The van der Waals surface area contributed by atoms with Crippen LogP contribution in [0.3, 0.4) is 0 Å². The maximum atomic E-state index is 13.0. The zero-order valence-electron chi connectivity index (χ0n) is 22.2. The van der Waals surface area contributed by atoms with Gasteiger partial charge in [-0.2, -0.15) is 0 Å². The van der Waals surface area contributed by atoms with Gasteiger partial charge < -0.3 is 9.64 Å². The van der Waals surface area contributed by atoms with Gasteiger partial charge in [0.1, 0.15) is 5.75 Å². The Morgan fingerprint density at radius 3 is 2.53 bits per heavy atom. The zero-order chi connectivity index (χ0) is 26.6. The zero-order valence-corrected chi connectivity index (χ0v) is 22.2. The smallest absolute Gasteiger partial charge is 0.258 e. The number of pyridine rings is 1. The fourth-order valence-electron chi connectivity index (χ4n) is 5.25. The van der Waals surface area contributed by atoms with E-state index in [1.807, 2.05) is 44.3 Å². The van der Waals surface area contributed by atoms with Crippen molar-refractivity contribution in [2.24, 2.45) is 11.8 Å². The number of carbonyl (C=O) groups is 2. The van der Waals surface area contributed by atoms with Gasteiger partial charge in [-0.15, -0.1) is 0 Å². The second-order valence-corrected chi connectivity index (χ2v) is 10.6. The number of hydrogen-bond acceptors (Lipinski definition) is 5. The van der Waals surface area contributed by atoms with Crippen LogP contribution in [-0.4, -0.2) is 23.7 Å². The van der Waals surface area contributed by atoms with Crippen LogP contribution in [0, 0.1) is 18.8 Å². The average molecular weight is 510 g/mol. The lowest BCUT2D eigenvalue weighted by molar-refractivity contribution is 0.0938. The van der Waals surface area contributed by atoms with Gasteiger partial charge in [0, 0.05) is 48.4 Å². The molecule has 1 saturated carbocycles. The number of benzene rings is 2. The summed E-state index contributed by atoms with van der Waals surface area (Å²) in [6.45, 7) is 5.64. The van der Waals surface area contributed by atoms with Crippen molar-refractivity contribution < 1.29 is 14.3 Å². The number of rotatable bonds is 10. The molecule has 1 amide bonds. The number of nitrogens with one attached hydrogen (secondary N) is 1. The summed E-state index contributed by atoms with van der Waals surface area (Å²) in [5.74, 6) is 2.13. The molecule has 1 aromatic heterocycles. The van der Waals surface area contributed by atoms with Crippen molar-refractivity contribution in [2.45, 2.75) is 51.9 Å². The number of anilines is 2. The number of ether oxygens (including phenoxy) is 1. The molecule has 1 N–H and O–H groups in total. The van der Waals surface area contributed by atoms with Crippen LogP contribution in [0.1, 0.15) is 70.4 Å². The van der Waals surface area contributed by atoms with Crippen LogP contribution < -0.4 is 15.0 Å². The standard InChI is InChI=1S/C32H35N3O3/c1-21-20-33-16-15-29(21)32(37)34-22(2)38-28-13-11-26(12-14-28)35(3)27-10-9-25-17-24(6-4-5-23-7-8-23)18-31(36)30(25)19-27/h9-16,19-20,23-24H,2,4-8,17-18H2,1,3H3,(H,34,37). The van der Waals surface area contributed by atoms with Gasteiger partial charge in [-0.05, 0) is 91.8 Å². The molecule has 1 unspecified atom stereocenters. The number of carbonyl (C=O) groups excluding carboxylic acids is 2. The lowest BCUT2D eigenvalue weighted by Gasteiger charge is -2.26. The minimum atomic E-state index is -0.294. The third-order valence-corrected chi connectivity index (χ3v) is 7.67. The van der Waals surface area contributed by atoms with E-state index >= 15 is 0 Å². The molecule has 1 heterocycles. The quantitative estimate of drug-likeness (QED) is 0.306. The van der Waals surface area contributed by atoms with Crippen LogP contribution in [0.15, 0.2) is 73.4 Å². The molecule has 6 nitrogen and oxygen atoms in total. The Morgan fingerprint density at radius 1 is 1.05 bits per heavy atom. The summed E-state index contributed by atoms with van der Waals surface area (Å²) in [7, 11) is 1.99. The maximum absolute atomic E-state index is 13.0. The van der Waals surface area contributed by atoms with E-state index in [4.69, 9.17) is 4.74 Å². The SMILES string of the molecule is C=C(NC(=O)c1ccncc1C)Oc1ccc(N(C)c2ccc3c(c2)C(=O)CC(CCCC2CC2)C3)cc1. The number of amides is 1. The first-order valence-corrected chi connectivity index (χ1v) is 13.5. The number of ketones is 1. The molecular formula is C32H35N3O3. The van der Waals surface area contributed by atoms with Crippen LogP contribution in [-0.2, 0) is 6.42 Å². The highest BCUT2D eigenvalue weighted by Gasteiger charge is 2.27. The summed E-state index contributed by atoms with van der Waals surface area (Å²) in [5, 5.41) is 2.68. The minimum Gasteiger partial charge on any atom is -0.442 e. The van der Waals surface area contributed by atoms with E-state index in [1.165, 1.54) is 31.2 Å². The highest BCUT2D eigenvalue weighted by atomic mass is 16.5. The van der Waals surface area contributed by atoms with E-state index < -0.39 is 0 Å². The van der Waals surface area contributed by atoms with Crippen molar-refractivity contribution in [3.05, 3.63) is 95.6 Å². The van der Waals surface area contributed by atoms with Gasteiger partial charge in [0.25, 0.3) is 5.91 Å². The predicted molar refractivity (Wildman–Crippen MR) is 150 cm³/mol. The van der Waals surface area contributed by atoms with Crippen LogP contribution in [0.5, 0.6) is 5.75 Å². The summed E-state index contributed by atoms with van der Waals surface area (Å²) in [6.07, 6.45) is 11.4. The Kier molecular flexibility index (Phi) is 7.59. The second kappa shape index (κ2) is 11.2. The molecule has 1 fully saturated rings. The monoisotopic (exact) mass is 509 g/mol. The number of hydrogen-bond donors (Lipinski definition) is 1. The lowest BCUT2D eigenvalue weighted by atomic mass is 9.80. The molecular weight excluding hydrogens is 474 g/mol. The van der Waals surface area contributed by atoms with Crippen molar-refractivity contribution in [2.75, 3.05) is 11.9 Å². The molecule has 3 aromatic rings. The van der Waals surface area contributed by atoms with E-state index in [-0.39, 0.29) is 17.6 Å². The van der Waals surface area contributed by atoms with Crippen LogP contribution in [0.2, 0.25) is 0 Å². The Morgan fingerprint density at radius 2 is 1.79 bits per heavy atom. The predicted octanol–water partition coefficient (Wildman–Crippen LogP) is 6.76. The summed E-state index contributed by atoms with van der Waals surface area (Å²) < 4.78 is 5.72. The van der Waals surface area contributed by atoms with Crippen LogP contribution in [0.25, 0.3) is 0 Å². The van der Waals surface area contributed by atoms with Crippen molar-refractivity contribution in [3.8, 4) is 5.75 Å². The first-order chi connectivity index (χ1) is 18.4. The van der Waals surface area contributed by atoms with E-state index in [2.05, 4.69) is 33.9 Å².